The molecule has 2 amide bonds. The number of urea groups is 1. The summed E-state index contributed by atoms with van der Waals surface area (Å²) in [6.07, 6.45) is 2.52. The molecule has 0 spiro atoms. The molecule has 0 aromatic carbocycles. The van der Waals surface area contributed by atoms with Crippen molar-refractivity contribution in [2.45, 2.75) is 24.9 Å². The molecule has 0 radical (unpaired) electrons. The summed E-state index contributed by atoms with van der Waals surface area (Å²) >= 11 is 0. The number of quaternary nitrogens is 1. The number of amides is 2. The third-order valence-electron chi connectivity index (χ3n) is 3.29. The standard InChI is InChI=1S/C9H11N3O6S.H3N/c13-9-11-5-6(12(9)18-19(14,15)16)1-2-8(11)7-3-4-17-10-7;/h3-4,6,8H,1-2,5H2,(H,14,15,16);1H3/t6-,8+;/m1./s1. The maximum absolute atomic E-state index is 12.0. The molecule has 2 fully saturated rings. The molecule has 2 atom stereocenters. The lowest BCUT2D eigenvalue weighted by Crippen LogP contribution is -2.35. The van der Waals surface area contributed by atoms with Crippen LogP contribution in [0.3, 0.4) is 0 Å². The molecule has 0 aliphatic carbocycles. The second kappa shape index (κ2) is 5.01. The normalized spacial score (nSPS) is 25.8. The second-order valence-electron chi connectivity index (χ2n) is 4.41. The fourth-order valence-corrected chi connectivity index (χ4v) is 2.91. The van der Waals surface area contributed by atoms with E-state index in [0.29, 0.717) is 30.1 Å². The Bertz CT molecular complexity index is 588. The zero-order chi connectivity index (χ0) is 13.6. The van der Waals surface area contributed by atoms with E-state index in [1.807, 2.05) is 0 Å². The molecular formula is C9H14N4O6S. The fourth-order valence-electron chi connectivity index (χ4n) is 2.53. The molecule has 1 aromatic rings. The summed E-state index contributed by atoms with van der Waals surface area (Å²) < 4.78 is 40.8. The van der Waals surface area contributed by atoms with E-state index >= 15 is 0 Å². The third-order valence-corrected chi connectivity index (χ3v) is 3.64. The van der Waals surface area contributed by atoms with Gasteiger partial charge < -0.3 is 20.1 Å². The van der Waals surface area contributed by atoms with Gasteiger partial charge in [0.1, 0.15) is 12.0 Å². The zero-order valence-electron chi connectivity index (χ0n) is 10.6. The zero-order valence-corrected chi connectivity index (χ0v) is 11.4. The largest absolute Gasteiger partial charge is 0.724 e. The smallest absolute Gasteiger partial charge is 0.346 e. The van der Waals surface area contributed by atoms with Gasteiger partial charge in [0.15, 0.2) is 0 Å². The van der Waals surface area contributed by atoms with Crippen LogP contribution >= 0.6 is 0 Å². The van der Waals surface area contributed by atoms with Crippen molar-refractivity contribution >= 4 is 16.4 Å². The minimum absolute atomic E-state index is 0. The van der Waals surface area contributed by atoms with E-state index in [0.717, 1.165) is 0 Å². The van der Waals surface area contributed by atoms with Gasteiger partial charge in [-0.3, -0.25) is 0 Å². The number of nitrogens with zero attached hydrogens (tertiary/aromatic N) is 3. The van der Waals surface area contributed by atoms with E-state index in [4.69, 9.17) is 4.52 Å². The van der Waals surface area contributed by atoms with Gasteiger partial charge >= 0.3 is 6.03 Å². The van der Waals surface area contributed by atoms with E-state index in [-0.39, 0.29) is 12.2 Å². The van der Waals surface area contributed by atoms with Crippen LogP contribution in [-0.2, 0) is 14.7 Å². The first-order valence-electron chi connectivity index (χ1n) is 5.61. The molecule has 2 aliphatic heterocycles. The molecule has 0 unspecified atom stereocenters. The van der Waals surface area contributed by atoms with Gasteiger partial charge in [0.05, 0.1) is 12.1 Å². The highest BCUT2D eigenvalue weighted by Crippen LogP contribution is 2.37. The summed E-state index contributed by atoms with van der Waals surface area (Å²) in [6.45, 7) is 0.297. The topological polar surface area (TPSA) is 153 Å². The van der Waals surface area contributed by atoms with Gasteiger partial charge in [-0.1, -0.05) is 5.16 Å². The number of aromatic nitrogens is 1. The Hall–Kier alpha value is -1.69. The summed E-state index contributed by atoms with van der Waals surface area (Å²) in [5, 5.41) is 4.42. The van der Waals surface area contributed by atoms with Crippen LogP contribution in [0, 0.1) is 0 Å². The summed E-state index contributed by atoms with van der Waals surface area (Å²) in [7, 11) is -4.96. The number of fused-ring (bicyclic) bond motifs is 2. The molecule has 112 valence electrons. The highest BCUT2D eigenvalue weighted by Gasteiger charge is 2.47. The number of piperidine rings is 1. The van der Waals surface area contributed by atoms with Crippen LogP contribution < -0.4 is 6.15 Å². The average Bonchev–Trinajstić information content (AvgIpc) is 2.93. The molecule has 2 saturated heterocycles. The summed E-state index contributed by atoms with van der Waals surface area (Å²) in [4.78, 5) is 13.5. The number of hydrogen-bond donors (Lipinski definition) is 1. The van der Waals surface area contributed by atoms with Crippen molar-refractivity contribution in [3.05, 3.63) is 18.0 Å². The van der Waals surface area contributed by atoms with Gasteiger partial charge in [0.25, 0.3) is 0 Å². The van der Waals surface area contributed by atoms with Crippen molar-refractivity contribution in [3.8, 4) is 0 Å². The number of carbonyl (C=O) groups excluding carboxylic acids is 1. The minimum Gasteiger partial charge on any atom is -0.724 e. The Balaban J connectivity index is 0.00000147. The Morgan fingerprint density at radius 2 is 2.20 bits per heavy atom. The number of carbonyl (C=O) groups is 1. The quantitative estimate of drug-likeness (QED) is 0.625. The highest BCUT2D eigenvalue weighted by molar-refractivity contribution is 7.80. The first-order chi connectivity index (χ1) is 8.96. The number of hydrogen-bond acceptors (Lipinski definition) is 7. The second-order valence-corrected chi connectivity index (χ2v) is 5.38. The molecule has 0 saturated carbocycles. The summed E-state index contributed by atoms with van der Waals surface area (Å²) in [5.41, 5.74) is 0.596. The van der Waals surface area contributed by atoms with Crippen molar-refractivity contribution in [2.75, 3.05) is 6.54 Å². The number of rotatable bonds is 3. The molecular weight excluding hydrogens is 292 g/mol. The van der Waals surface area contributed by atoms with E-state index in [2.05, 4.69) is 9.44 Å². The van der Waals surface area contributed by atoms with E-state index in [9.17, 15) is 17.8 Å². The van der Waals surface area contributed by atoms with Crippen LogP contribution in [0.2, 0.25) is 0 Å². The average molecular weight is 306 g/mol. The fraction of sp³-hybridized carbons (Fsp3) is 0.556. The number of hydroxylamine groups is 2. The van der Waals surface area contributed by atoms with Crippen LogP contribution in [0.1, 0.15) is 24.6 Å². The van der Waals surface area contributed by atoms with Crippen LogP contribution in [0.15, 0.2) is 16.9 Å². The lowest BCUT2D eigenvalue weighted by atomic mass is 9.99. The summed E-state index contributed by atoms with van der Waals surface area (Å²) in [5.74, 6) is 0. The van der Waals surface area contributed by atoms with Crippen molar-refractivity contribution < 1.29 is 26.6 Å². The molecule has 11 heteroatoms. The van der Waals surface area contributed by atoms with Crippen LogP contribution in [0.4, 0.5) is 4.79 Å². The Morgan fingerprint density at radius 3 is 2.80 bits per heavy atom. The molecule has 3 rings (SSSR count). The Kier molecular flexibility index (Phi) is 3.69. The Labute approximate surface area is 114 Å². The molecule has 2 aliphatic rings. The maximum Gasteiger partial charge on any atom is 0.346 e. The van der Waals surface area contributed by atoms with Gasteiger partial charge in [-0.05, 0) is 12.8 Å². The highest BCUT2D eigenvalue weighted by atomic mass is 32.3. The van der Waals surface area contributed by atoms with Gasteiger partial charge in [-0.2, -0.15) is 9.35 Å². The SMILES string of the molecule is O=C1N2C[C@@H](CC[C@H]2c2ccon2)N1OS(=O)(=O)[O-].[NH4+]. The molecule has 4 N–H and O–H groups in total. The van der Waals surface area contributed by atoms with Gasteiger partial charge in [0, 0.05) is 12.6 Å². The summed E-state index contributed by atoms with van der Waals surface area (Å²) in [6, 6.07) is 0.284. The third kappa shape index (κ3) is 2.47. The van der Waals surface area contributed by atoms with Crippen molar-refractivity contribution in [3.63, 3.8) is 0 Å². The minimum atomic E-state index is -4.96. The molecule has 10 nitrogen and oxygen atoms in total. The molecule has 1 aromatic heterocycles. The van der Waals surface area contributed by atoms with Gasteiger partial charge in [-0.25, -0.2) is 13.2 Å². The van der Waals surface area contributed by atoms with Crippen molar-refractivity contribution in [1.29, 1.82) is 0 Å². The van der Waals surface area contributed by atoms with E-state index < -0.39 is 22.5 Å². The molecule has 20 heavy (non-hydrogen) atoms. The first kappa shape index (κ1) is 14.7. The van der Waals surface area contributed by atoms with E-state index in [1.165, 1.54) is 11.2 Å². The van der Waals surface area contributed by atoms with Crippen molar-refractivity contribution in [1.82, 2.24) is 21.3 Å². The lowest BCUT2D eigenvalue weighted by Gasteiger charge is -2.28. The van der Waals surface area contributed by atoms with Crippen LogP contribution in [-0.4, -0.2) is 46.7 Å². The van der Waals surface area contributed by atoms with Gasteiger partial charge in [-0.15, -0.1) is 0 Å². The predicted octanol–water partition coefficient (Wildman–Crippen LogP) is 0.384. The Morgan fingerprint density at radius 1 is 1.45 bits per heavy atom. The van der Waals surface area contributed by atoms with Gasteiger partial charge in [0.2, 0.25) is 10.4 Å². The van der Waals surface area contributed by atoms with E-state index in [1.54, 1.807) is 6.07 Å². The predicted molar refractivity (Wildman–Crippen MR) is 63.0 cm³/mol. The molecule has 2 bridgehead atoms. The lowest BCUT2D eigenvalue weighted by molar-refractivity contribution is -0.0328. The monoisotopic (exact) mass is 306 g/mol. The van der Waals surface area contributed by atoms with Crippen LogP contribution in [0.5, 0.6) is 0 Å². The van der Waals surface area contributed by atoms with Crippen molar-refractivity contribution in [2.24, 2.45) is 0 Å². The maximum atomic E-state index is 12.0. The van der Waals surface area contributed by atoms with Crippen LogP contribution in [0.25, 0.3) is 0 Å². The first-order valence-corrected chi connectivity index (χ1v) is 6.94. The molecule has 3 heterocycles.